The van der Waals surface area contributed by atoms with Crippen LogP contribution < -0.4 is 9.64 Å². The Morgan fingerprint density at radius 2 is 1.97 bits per heavy atom. The highest BCUT2D eigenvalue weighted by atomic mass is 35.5. The van der Waals surface area contributed by atoms with E-state index in [2.05, 4.69) is 32.0 Å². The van der Waals surface area contributed by atoms with Crippen molar-refractivity contribution >= 4 is 34.4 Å². The van der Waals surface area contributed by atoms with Crippen LogP contribution in [0, 0.1) is 5.41 Å². The SMILES string of the molecule is O=C(O)C1(COc2nc3nc(-c4ccc(N5CCOCC5)cc4)c(Cl)cc3[nH]2)CC1. The van der Waals surface area contributed by atoms with Gasteiger partial charge in [-0.1, -0.05) is 23.7 Å². The number of carbonyl (C=O) groups is 1. The summed E-state index contributed by atoms with van der Waals surface area (Å²) in [7, 11) is 0. The number of fused-ring (bicyclic) bond motifs is 1. The van der Waals surface area contributed by atoms with Gasteiger partial charge in [0, 0.05) is 24.3 Å². The quantitative estimate of drug-likeness (QED) is 0.620. The fraction of sp³-hybridized carbons (Fsp3) is 0.381. The van der Waals surface area contributed by atoms with Gasteiger partial charge in [-0.15, -0.1) is 0 Å². The zero-order valence-electron chi connectivity index (χ0n) is 16.2. The molecule has 2 fully saturated rings. The summed E-state index contributed by atoms with van der Waals surface area (Å²) in [6.45, 7) is 3.32. The molecule has 2 N–H and O–H groups in total. The number of aromatic nitrogens is 3. The molecule has 1 saturated heterocycles. The zero-order valence-corrected chi connectivity index (χ0v) is 17.0. The number of imidazole rings is 1. The summed E-state index contributed by atoms with van der Waals surface area (Å²) in [5, 5.41) is 9.77. The first-order chi connectivity index (χ1) is 14.5. The number of anilines is 1. The van der Waals surface area contributed by atoms with E-state index in [0.717, 1.165) is 37.6 Å². The molecule has 5 rings (SSSR count). The topological polar surface area (TPSA) is 101 Å². The van der Waals surface area contributed by atoms with Gasteiger partial charge < -0.3 is 24.5 Å². The van der Waals surface area contributed by atoms with Crippen LogP contribution in [0.25, 0.3) is 22.4 Å². The van der Waals surface area contributed by atoms with Gasteiger partial charge in [0.05, 0.1) is 29.4 Å². The summed E-state index contributed by atoms with van der Waals surface area (Å²) < 4.78 is 11.0. The van der Waals surface area contributed by atoms with Crippen molar-refractivity contribution in [2.75, 3.05) is 37.8 Å². The molecular weight excluding hydrogens is 408 g/mol. The number of benzene rings is 1. The molecule has 0 radical (unpaired) electrons. The van der Waals surface area contributed by atoms with Gasteiger partial charge in [-0.05, 0) is 31.0 Å². The maximum absolute atomic E-state index is 11.3. The number of aromatic amines is 1. The van der Waals surface area contributed by atoms with Crippen molar-refractivity contribution in [2.45, 2.75) is 12.8 Å². The minimum absolute atomic E-state index is 0.0890. The smallest absolute Gasteiger partial charge is 0.313 e. The number of pyridine rings is 1. The highest BCUT2D eigenvalue weighted by Gasteiger charge is 2.51. The average molecular weight is 429 g/mol. The van der Waals surface area contributed by atoms with Gasteiger partial charge in [-0.25, -0.2) is 4.98 Å². The third-order valence-corrected chi connectivity index (χ3v) is 6.00. The molecule has 1 aliphatic carbocycles. The van der Waals surface area contributed by atoms with E-state index >= 15 is 0 Å². The molecule has 0 amide bonds. The summed E-state index contributed by atoms with van der Waals surface area (Å²) >= 11 is 6.48. The second-order valence-electron chi connectivity index (χ2n) is 7.75. The Labute approximate surface area is 177 Å². The van der Waals surface area contributed by atoms with Crippen LogP contribution in [0.3, 0.4) is 0 Å². The van der Waals surface area contributed by atoms with Crippen LogP contribution in [0.15, 0.2) is 30.3 Å². The van der Waals surface area contributed by atoms with Crippen LogP contribution in [0.5, 0.6) is 6.01 Å². The minimum atomic E-state index is -0.831. The lowest BCUT2D eigenvalue weighted by molar-refractivity contribution is -0.144. The first kappa shape index (κ1) is 19.1. The number of H-pyrrole nitrogens is 1. The fourth-order valence-corrected chi connectivity index (χ4v) is 3.86. The van der Waals surface area contributed by atoms with E-state index in [0.29, 0.717) is 34.7 Å². The summed E-state index contributed by atoms with van der Waals surface area (Å²) in [6, 6.07) is 10.1. The molecule has 1 saturated carbocycles. The van der Waals surface area contributed by atoms with Crippen molar-refractivity contribution < 1.29 is 19.4 Å². The average Bonchev–Trinajstić information content (AvgIpc) is 3.47. The maximum atomic E-state index is 11.3. The summed E-state index contributed by atoms with van der Waals surface area (Å²) in [6.07, 6.45) is 1.24. The Morgan fingerprint density at radius 1 is 1.23 bits per heavy atom. The lowest BCUT2D eigenvalue weighted by atomic mass is 10.1. The van der Waals surface area contributed by atoms with E-state index < -0.39 is 11.4 Å². The normalized spacial score (nSPS) is 17.8. The van der Waals surface area contributed by atoms with Crippen molar-refractivity contribution in [3.8, 4) is 17.3 Å². The molecule has 0 spiro atoms. The summed E-state index contributed by atoms with van der Waals surface area (Å²) in [4.78, 5) is 25.6. The minimum Gasteiger partial charge on any atom is -0.481 e. The van der Waals surface area contributed by atoms with Crippen molar-refractivity contribution in [2.24, 2.45) is 5.41 Å². The highest BCUT2D eigenvalue weighted by Crippen LogP contribution is 2.46. The lowest BCUT2D eigenvalue weighted by Gasteiger charge is -2.28. The number of ether oxygens (including phenoxy) is 2. The number of aliphatic carboxylic acids is 1. The number of hydrogen-bond acceptors (Lipinski definition) is 6. The molecule has 156 valence electrons. The molecular formula is C21H21ClN4O4. The molecule has 3 aromatic rings. The molecule has 0 unspecified atom stereocenters. The number of nitrogens with one attached hydrogen (secondary N) is 1. The van der Waals surface area contributed by atoms with Gasteiger partial charge in [0.1, 0.15) is 12.0 Å². The number of rotatable bonds is 6. The fourth-order valence-electron chi connectivity index (χ4n) is 3.60. The van der Waals surface area contributed by atoms with Gasteiger partial charge in [0.15, 0.2) is 5.65 Å². The van der Waals surface area contributed by atoms with E-state index in [1.165, 1.54) is 0 Å². The Kier molecular flexibility index (Phi) is 4.75. The third-order valence-electron chi connectivity index (χ3n) is 5.71. The molecule has 0 atom stereocenters. The number of carboxylic acids is 1. The number of morpholine rings is 1. The largest absolute Gasteiger partial charge is 0.481 e. The molecule has 2 aliphatic rings. The Morgan fingerprint density at radius 3 is 2.63 bits per heavy atom. The van der Waals surface area contributed by atoms with E-state index in [-0.39, 0.29) is 12.6 Å². The number of halogens is 1. The Hall–Kier alpha value is -2.84. The van der Waals surface area contributed by atoms with Gasteiger partial charge >= 0.3 is 5.97 Å². The predicted octanol–water partition coefficient (Wildman–Crippen LogP) is 3.36. The monoisotopic (exact) mass is 428 g/mol. The number of nitrogens with zero attached hydrogens (tertiary/aromatic N) is 3. The van der Waals surface area contributed by atoms with Gasteiger partial charge in [0.2, 0.25) is 0 Å². The van der Waals surface area contributed by atoms with Crippen molar-refractivity contribution in [1.29, 1.82) is 0 Å². The molecule has 3 heterocycles. The molecule has 30 heavy (non-hydrogen) atoms. The molecule has 1 aliphatic heterocycles. The van der Waals surface area contributed by atoms with Crippen molar-refractivity contribution in [3.63, 3.8) is 0 Å². The zero-order chi connectivity index (χ0) is 20.7. The van der Waals surface area contributed by atoms with Crippen LogP contribution in [0.2, 0.25) is 5.02 Å². The first-order valence-electron chi connectivity index (χ1n) is 9.90. The van der Waals surface area contributed by atoms with E-state index in [1.807, 2.05) is 12.1 Å². The Balaban J connectivity index is 1.37. The van der Waals surface area contributed by atoms with Gasteiger partial charge in [-0.2, -0.15) is 4.98 Å². The highest BCUT2D eigenvalue weighted by molar-refractivity contribution is 6.33. The Bertz CT molecular complexity index is 1090. The van der Waals surface area contributed by atoms with Gasteiger partial charge in [0.25, 0.3) is 6.01 Å². The molecule has 8 nitrogen and oxygen atoms in total. The molecule has 9 heteroatoms. The van der Waals surface area contributed by atoms with Crippen molar-refractivity contribution in [3.05, 3.63) is 35.4 Å². The second kappa shape index (κ2) is 7.45. The maximum Gasteiger partial charge on any atom is 0.313 e. The van der Waals surface area contributed by atoms with Crippen LogP contribution in [0.4, 0.5) is 5.69 Å². The summed E-state index contributed by atoms with van der Waals surface area (Å²) in [5.74, 6) is -0.831. The van der Waals surface area contributed by atoms with Crippen LogP contribution in [-0.4, -0.2) is 58.9 Å². The van der Waals surface area contributed by atoms with E-state index in [1.54, 1.807) is 6.07 Å². The molecule has 2 aromatic heterocycles. The van der Waals surface area contributed by atoms with E-state index in [9.17, 15) is 9.90 Å². The predicted molar refractivity (Wildman–Crippen MR) is 112 cm³/mol. The molecule has 0 bridgehead atoms. The standard InChI is InChI=1S/C21H21ClN4O4/c22-15-11-16-18(25-20(23-16)30-12-21(5-6-21)19(27)28)24-17(15)13-1-3-14(4-2-13)26-7-9-29-10-8-26/h1-4,11H,5-10,12H2,(H,27,28)(H,23,24,25). The summed E-state index contributed by atoms with van der Waals surface area (Å²) in [5.41, 5.74) is 3.01. The number of carboxylic acid groups (broad SMARTS) is 1. The van der Waals surface area contributed by atoms with Gasteiger partial charge in [-0.3, -0.25) is 4.79 Å². The second-order valence-corrected chi connectivity index (χ2v) is 8.16. The van der Waals surface area contributed by atoms with Crippen LogP contribution >= 0.6 is 11.6 Å². The van der Waals surface area contributed by atoms with E-state index in [4.69, 9.17) is 21.1 Å². The van der Waals surface area contributed by atoms with Crippen LogP contribution in [-0.2, 0) is 9.53 Å². The molecule has 1 aromatic carbocycles. The third kappa shape index (κ3) is 3.57. The first-order valence-corrected chi connectivity index (χ1v) is 10.3. The number of hydrogen-bond donors (Lipinski definition) is 2. The lowest BCUT2D eigenvalue weighted by Crippen LogP contribution is -2.36. The van der Waals surface area contributed by atoms with Crippen LogP contribution in [0.1, 0.15) is 12.8 Å². The van der Waals surface area contributed by atoms with Crippen molar-refractivity contribution in [1.82, 2.24) is 15.0 Å².